The third kappa shape index (κ3) is 3.14. The van der Waals surface area contributed by atoms with Crippen molar-refractivity contribution in [2.24, 2.45) is 5.73 Å². The van der Waals surface area contributed by atoms with Gasteiger partial charge in [0.2, 0.25) is 11.8 Å². The van der Waals surface area contributed by atoms with Gasteiger partial charge in [-0.15, -0.1) is 0 Å². The van der Waals surface area contributed by atoms with Crippen LogP contribution in [-0.2, 0) is 5.41 Å². The summed E-state index contributed by atoms with van der Waals surface area (Å²) >= 11 is 0. The molecular weight excluding hydrogens is 376 g/mol. The summed E-state index contributed by atoms with van der Waals surface area (Å²) in [5, 5.41) is 19.1. The minimum atomic E-state index is -0.341. The molecule has 0 bridgehead atoms. The summed E-state index contributed by atoms with van der Waals surface area (Å²) in [6, 6.07) is 12.3. The first-order valence-corrected chi connectivity index (χ1v) is 10.0. The highest BCUT2D eigenvalue weighted by Crippen LogP contribution is 2.47. The average Bonchev–Trinajstić information content (AvgIpc) is 3.34. The number of aromatic nitrogens is 4. The molecule has 0 aliphatic carbocycles. The van der Waals surface area contributed by atoms with E-state index in [-0.39, 0.29) is 23.3 Å². The van der Waals surface area contributed by atoms with Gasteiger partial charge in [-0.3, -0.25) is 0 Å². The number of nitriles is 1. The van der Waals surface area contributed by atoms with Crippen LogP contribution in [0.1, 0.15) is 63.4 Å². The molecule has 0 spiro atoms. The minimum absolute atomic E-state index is 0.0918. The van der Waals surface area contributed by atoms with Crippen molar-refractivity contribution in [3.8, 4) is 17.6 Å². The molecule has 1 aromatic carbocycles. The number of hydrogen-bond acceptors (Lipinski definition) is 5. The molecule has 1 unspecified atom stereocenters. The van der Waals surface area contributed by atoms with Gasteiger partial charge in [0, 0.05) is 17.8 Å². The summed E-state index contributed by atoms with van der Waals surface area (Å²) in [6.45, 7) is 10.5. The maximum atomic E-state index is 9.92. The normalized spacial score (nSPS) is 16.4. The van der Waals surface area contributed by atoms with E-state index in [0.717, 1.165) is 22.5 Å². The molecule has 0 saturated carbocycles. The average molecular weight is 403 g/mol. The zero-order chi connectivity index (χ0) is 21.6. The number of nitrogens with two attached hydrogens (primary N) is 1. The SMILES string of the molecule is CC(C)n1nc(C(C)(C)C)c2c1OC(N)=C(C#N)C2c1ccc(-n2cccn2)cc1. The Morgan fingerprint density at radius 2 is 1.90 bits per heavy atom. The summed E-state index contributed by atoms with van der Waals surface area (Å²) in [4.78, 5) is 0. The predicted molar refractivity (Wildman–Crippen MR) is 114 cm³/mol. The van der Waals surface area contributed by atoms with Crippen molar-refractivity contribution in [1.29, 1.82) is 5.26 Å². The Balaban J connectivity index is 1.92. The number of hydrogen-bond donors (Lipinski definition) is 1. The maximum Gasteiger partial charge on any atom is 0.224 e. The highest BCUT2D eigenvalue weighted by atomic mass is 16.5. The zero-order valence-corrected chi connectivity index (χ0v) is 17.9. The molecular formula is C23H26N6O. The van der Waals surface area contributed by atoms with Crippen LogP contribution < -0.4 is 10.5 Å². The Morgan fingerprint density at radius 1 is 1.20 bits per heavy atom. The topological polar surface area (TPSA) is 94.7 Å². The third-order valence-electron chi connectivity index (χ3n) is 5.27. The van der Waals surface area contributed by atoms with Crippen LogP contribution in [0.3, 0.4) is 0 Å². The van der Waals surface area contributed by atoms with Gasteiger partial charge in [0.1, 0.15) is 11.6 Å². The second-order valence-electron chi connectivity index (χ2n) is 8.82. The third-order valence-corrected chi connectivity index (χ3v) is 5.27. The fraction of sp³-hybridized carbons (Fsp3) is 0.348. The first-order chi connectivity index (χ1) is 14.2. The van der Waals surface area contributed by atoms with Crippen molar-refractivity contribution >= 4 is 0 Å². The van der Waals surface area contributed by atoms with Gasteiger partial charge in [0.05, 0.1) is 28.9 Å². The molecule has 2 aromatic heterocycles. The van der Waals surface area contributed by atoms with Crippen LogP contribution in [0.5, 0.6) is 5.88 Å². The number of ether oxygens (including phenoxy) is 1. The number of allylic oxidation sites excluding steroid dienone is 1. The summed E-state index contributed by atoms with van der Waals surface area (Å²) in [5.74, 6) is 0.410. The van der Waals surface area contributed by atoms with E-state index in [9.17, 15) is 5.26 Å². The molecule has 1 aliphatic rings. The van der Waals surface area contributed by atoms with Crippen molar-refractivity contribution in [2.45, 2.75) is 52.0 Å². The zero-order valence-electron chi connectivity index (χ0n) is 17.9. The van der Waals surface area contributed by atoms with Crippen LogP contribution in [0.25, 0.3) is 5.69 Å². The van der Waals surface area contributed by atoms with Crippen LogP contribution in [-0.4, -0.2) is 19.6 Å². The Kier molecular flexibility index (Phi) is 4.65. The molecule has 3 heterocycles. The largest absolute Gasteiger partial charge is 0.422 e. The van der Waals surface area contributed by atoms with Crippen molar-refractivity contribution < 1.29 is 4.74 Å². The van der Waals surface area contributed by atoms with Crippen LogP contribution in [0.4, 0.5) is 0 Å². The maximum absolute atomic E-state index is 9.92. The molecule has 0 saturated heterocycles. The summed E-state index contributed by atoms with van der Waals surface area (Å²) in [5.41, 5.74) is 10.1. The van der Waals surface area contributed by atoms with Crippen molar-refractivity contribution in [2.75, 3.05) is 0 Å². The molecule has 154 valence electrons. The molecule has 2 N–H and O–H groups in total. The van der Waals surface area contributed by atoms with Crippen LogP contribution in [0.15, 0.2) is 54.2 Å². The number of benzene rings is 1. The molecule has 4 rings (SSSR count). The molecule has 0 fully saturated rings. The monoisotopic (exact) mass is 402 g/mol. The fourth-order valence-electron chi connectivity index (χ4n) is 3.84. The van der Waals surface area contributed by atoms with Gasteiger partial charge in [-0.25, -0.2) is 9.36 Å². The predicted octanol–water partition coefficient (Wildman–Crippen LogP) is 4.17. The van der Waals surface area contributed by atoms with Gasteiger partial charge >= 0.3 is 0 Å². The van der Waals surface area contributed by atoms with E-state index in [1.807, 2.05) is 41.2 Å². The lowest BCUT2D eigenvalue weighted by Crippen LogP contribution is -2.24. The molecule has 7 heteroatoms. The second-order valence-corrected chi connectivity index (χ2v) is 8.82. The molecule has 3 aromatic rings. The Bertz CT molecular complexity index is 1140. The smallest absolute Gasteiger partial charge is 0.224 e. The molecule has 0 amide bonds. The first-order valence-electron chi connectivity index (χ1n) is 10.0. The van der Waals surface area contributed by atoms with Crippen molar-refractivity contribution in [3.05, 3.63) is 71.0 Å². The molecule has 1 atom stereocenters. The van der Waals surface area contributed by atoms with Gasteiger partial charge < -0.3 is 10.5 Å². The van der Waals surface area contributed by atoms with E-state index in [1.54, 1.807) is 10.9 Å². The Morgan fingerprint density at radius 3 is 2.43 bits per heavy atom. The fourth-order valence-corrected chi connectivity index (χ4v) is 3.84. The van der Waals surface area contributed by atoms with Gasteiger partial charge in [0.15, 0.2) is 0 Å². The quantitative estimate of drug-likeness (QED) is 0.710. The van der Waals surface area contributed by atoms with Crippen LogP contribution >= 0.6 is 0 Å². The number of rotatable bonds is 3. The van der Waals surface area contributed by atoms with Gasteiger partial charge in [-0.2, -0.15) is 15.5 Å². The van der Waals surface area contributed by atoms with E-state index in [1.165, 1.54) is 0 Å². The first kappa shape index (κ1) is 19.8. The lowest BCUT2D eigenvalue weighted by atomic mass is 9.79. The van der Waals surface area contributed by atoms with Gasteiger partial charge in [-0.1, -0.05) is 32.9 Å². The van der Waals surface area contributed by atoms with E-state index in [0.29, 0.717) is 11.5 Å². The molecule has 0 radical (unpaired) electrons. The lowest BCUT2D eigenvalue weighted by Gasteiger charge is -2.27. The van der Waals surface area contributed by atoms with Crippen LogP contribution in [0.2, 0.25) is 0 Å². The lowest BCUT2D eigenvalue weighted by molar-refractivity contribution is 0.334. The Labute approximate surface area is 176 Å². The second kappa shape index (κ2) is 7.06. The number of fused-ring (bicyclic) bond motifs is 1. The summed E-state index contributed by atoms with van der Waals surface area (Å²) in [7, 11) is 0. The van der Waals surface area contributed by atoms with Crippen molar-refractivity contribution in [3.63, 3.8) is 0 Å². The van der Waals surface area contributed by atoms with E-state index < -0.39 is 0 Å². The highest BCUT2D eigenvalue weighted by molar-refractivity contribution is 5.57. The van der Waals surface area contributed by atoms with E-state index in [4.69, 9.17) is 15.6 Å². The van der Waals surface area contributed by atoms with Crippen molar-refractivity contribution in [1.82, 2.24) is 19.6 Å². The summed E-state index contributed by atoms with van der Waals surface area (Å²) < 4.78 is 9.62. The molecule has 7 nitrogen and oxygen atoms in total. The molecule has 30 heavy (non-hydrogen) atoms. The van der Waals surface area contributed by atoms with E-state index in [2.05, 4.69) is 45.8 Å². The summed E-state index contributed by atoms with van der Waals surface area (Å²) in [6.07, 6.45) is 3.64. The number of nitrogens with zero attached hydrogens (tertiary/aromatic N) is 5. The highest BCUT2D eigenvalue weighted by Gasteiger charge is 2.40. The molecule has 1 aliphatic heterocycles. The Hall–Kier alpha value is -3.53. The standard InChI is InChI=1S/C23H26N6O/c1-14(2)29-22-19(20(27-29)23(3,4)5)18(17(13-24)21(25)30-22)15-7-9-16(10-8-15)28-12-6-11-26-28/h6-12,14,18H,25H2,1-5H3. The van der Waals surface area contributed by atoms with Gasteiger partial charge in [-0.05, 0) is 37.6 Å². The van der Waals surface area contributed by atoms with Gasteiger partial charge in [0.25, 0.3) is 0 Å². The van der Waals surface area contributed by atoms with Crippen LogP contribution in [0, 0.1) is 11.3 Å². The minimum Gasteiger partial charge on any atom is -0.422 e. The van der Waals surface area contributed by atoms with E-state index >= 15 is 0 Å².